The Balaban J connectivity index is 2.32. The third-order valence-corrected chi connectivity index (χ3v) is 2.61. The van der Waals surface area contributed by atoms with Gasteiger partial charge in [0.2, 0.25) is 0 Å². The predicted octanol–water partition coefficient (Wildman–Crippen LogP) is 1.42. The standard InChI is InChI=1S/C14H19N5O/c1-9-15-6-5-11(17-9)13-18-10(7-12(20)19-13)8-16-14(2,3)4/h5-7,16H,8H2,1-4H3,(H,18,19,20). The Morgan fingerprint density at radius 1 is 1.30 bits per heavy atom. The van der Waals surface area contributed by atoms with Gasteiger partial charge in [-0.2, -0.15) is 0 Å². The van der Waals surface area contributed by atoms with E-state index in [1.54, 1.807) is 19.2 Å². The molecule has 0 aliphatic carbocycles. The monoisotopic (exact) mass is 273 g/mol. The molecule has 0 saturated heterocycles. The summed E-state index contributed by atoms with van der Waals surface area (Å²) < 4.78 is 0. The fourth-order valence-corrected chi connectivity index (χ4v) is 1.66. The van der Waals surface area contributed by atoms with Crippen LogP contribution in [0.25, 0.3) is 11.5 Å². The number of hydrogen-bond donors (Lipinski definition) is 2. The maximum atomic E-state index is 11.7. The first kappa shape index (κ1) is 14.3. The van der Waals surface area contributed by atoms with E-state index in [4.69, 9.17) is 0 Å². The van der Waals surface area contributed by atoms with Crippen molar-refractivity contribution < 1.29 is 0 Å². The summed E-state index contributed by atoms with van der Waals surface area (Å²) in [6.07, 6.45) is 1.65. The molecule has 20 heavy (non-hydrogen) atoms. The van der Waals surface area contributed by atoms with Gasteiger partial charge in [-0.1, -0.05) is 0 Å². The Morgan fingerprint density at radius 3 is 2.70 bits per heavy atom. The summed E-state index contributed by atoms with van der Waals surface area (Å²) in [7, 11) is 0. The highest BCUT2D eigenvalue weighted by Crippen LogP contribution is 2.10. The van der Waals surface area contributed by atoms with E-state index in [1.807, 2.05) is 0 Å². The minimum atomic E-state index is -0.183. The number of aryl methyl sites for hydroxylation is 1. The lowest BCUT2D eigenvalue weighted by molar-refractivity contribution is 0.421. The van der Waals surface area contributed by atoms with Crippen LogP contribution in [-0.2, 0) is 6.54 Å². The van der Waals surface area contributed by atoms with Gasteiger partial charge in [0.25, 0.3) is 5.56 Å². The van der Waals surface area contributed by atoms with Gasteiger partial charge in [-0.25, -0.2) is 15.0 Å². The van der Waals surface area contributed by atoms with Crippen molar-refractivity contribution in [1.29, 1.82) is 0 Å². The van der Waals surface area contributed by atoms with Gasteiger partial charge in [0.15, 0.2) is 5.82 Å². The van der Waals surface area contributed by atoms with Crippen LogP contribution in [0.15, 0.2) is 23.1 Å². The van der Waals surface area contributed by atoms with E-state index in [-0.39, 0.29) is 11.1 Å². The molecule has 6 nitrogen and oxygen atoms in total. The molecule has 0 unspecified atom stereocenters. The second-order valence-electron chi connectivity index (χ2n) is 5.68. The molecule has 2 aromatic heterocycles. The van der Waals surface area contributed by atoms with Crippen LogP contribution < -0.4 is 10.9 Å². The predicted molar refractivity (Wildman–Crippen MR) is 77.2 cm³/mol. The molecule has 0 radical (unpaired) electrons. The van der Waals surface area contributed by atoms with Crippen molar-refractivity contribution in [2.45, 2.75) is 39.8 Å². The maximum Gasteiger partial charge on any atom is 0.251 e. The average molecular weight is 273 g/mol. The first-order chi connectivity index (χ1) is 9.33. The second-order valence-corrected chi connectivity index (χ2v) is 5.68. The molecule has 2 N–H and O–H groups in total. The molecule has 0 fully saturated rings. The van der Waals surface area contributed by atoms with Gasteiger partial charge < -0.3 is 10.3 Å². The molecule has 0 aromatic carbocycles. The van der Waals surface area contributed by atoms with Crippen LogP contribution >= 0.6 is 0 Å². The summed E-state index contributed by atoms with van der Waals surface area (Å²) >= 11 is 0. The van der Waals surface area contributed by atoms with E-state index in [0.29, 0.717) is 29.6 Å². The van der Waals surface area contributed by atoms with Crippen molar-refractivity contribution in [1.82, 2.24) is 25.3 Å². The summed E-state index contributed by atoms with van der Waals surface area (Å²) in [5.41, 5.74) is 1.09. The lowest BCUT2D eigenvalue weighted by atomic mass is 10.1. The number of rotatable bonds is 3. The lowest BCUT2D eigenvalue weighted by Crippen LogP contribution is -2.35. The molecule has 2 aromatic rings. The molecule has 0 spiro atoms. The van der Waals surface area contributed by atoms with E-state index >= 15 is 0 Å². The molecule has 106 valence electrons. The van der Waals surface area contributed by atoms with E-state index in [0.717, 1.165) is 0 Å². The van der Waals surface area contributed by atoms with Crippen LogP contribution in [0.1, 0.15) is 32.3 Å². The molecule has 6 heteroatoms. The number of H-pyrrole nitrogens is 1. The van der Waals surface area contributed by atoms with Crippen LogP contribution in [0, 0.1) is 6.92 Å². The highest BCUT2D eigenvalue weighted by molar-refractivity contribution is 5.47. The molecule has 0 aliphatic heterocycles. The van der Waals surface area contributed by atoms with Gasteiger partial charge in [-0.15, -0.1) is 0 Å². The zero-order valence-electron chi connectivity index (χ0n) is 12.2. The minimum absolute atomic E-state index is 0.0318. The average Bonchev–Trinajstić information content (AvgIpc) is 2.35. The Labute approximate surface area is 117 Å². The maximum absolute atomic E-state index is 11.7. The third kappa shape index (κ3) is 3.96. The van der Waals surface area contributed by atoms with Gasteiger partial charge in [0.1, 0.15) is 11.5 Å². The molecule has 2 heterocycles. The second kappa shape index (κ2) is 5.50. The number of aromatic amines is 1. The molecular formula is C14H19N5O. The molecule has 0 aliphatic rings. The fourth-order valence-electron chi connectivity index (χ4n) is 1.66. The van der Waals surface area contributed by atoms with Gasteiger partial charge in [0, 0.05) is 24.3 Å². The molecule has 0 bridgehead atoms. The lowest BCUT2D eigenvalue weighted by Gasteiger charge is -2.20. The molecule has 0 saturated carbocycles. The SMILES string of the molecule is Cc1nccc(-c2nc(CNC(C)(C)C)cc(=O)[nH]2)n1. The quantitative estimate of drug-likeness (QED) is 0.883. The highest BCUT2D eigenvalue weighted by atomic mass is 16.1. The van der Waals surface area contributed by atoms with Crippen LogP contribution in [0.4, 0.5) is 0 Å². The summed E-state index contributed by atoms with van der Waals surface area (Å²) in [6, 6.07) is 3.22. The molecule has 0 amide bonds. The Kier molecular flexibility index (Phi) is 3.94. The van der Waals surface area contributed by atoms with Crippen LogP contribution in [0.3, 0.4) is 0 Å². The summed E-state index contributed by atoms with van der Waals surface area (Å²) in [6.45, 7) is 8.52. The fraction of sp³-hybridized carbons (Fsp3) is 0.429. The Morgan fingerprint density at radius 2 is 2.05 bits per heavy atom. The molecule has 0 atom stereocenters. The van der Waals surface area contributed by atoms with E-state index in [2.05, 4.69) is 46.0 Å². The number of nitrogens with zero attached hydrogens (tertiary/aromatic N) is 3. The highest BCUT2D eigenvalue weighted by Gasteiger charge is 2.11. The Bertz CT molecular complexity index is 657. The summed E-state index contributed by atoms with van der Waals surface area (Å²) in [5.74, 6) is 1.11. The van der Waals surface area contributed by atoms with Crippen molar-refractivity contribution in [3.8, 4) is 11.5 Å². The first-order valence-corrected chi connectivity index (χ1v) is 6.49. The van der Waals surface area contributed by atoms with Crippen molar-refractivity contribution in [2.24, 2.45) is 0 Å². The van der Waals surface area contributed by atoms with Gasteiger partial charge in [-0.3, -0.25) is 4.79 Å². The van der Waals surface area contributed by atoms with Gasteiger partial charge in [-0.05, 0) is 33.8 Å². The number of aromatic nitrogens is 4. The van der Waals surface area contributed by atoms with Crippen molar-refractivity contribution >= 4 is 0 Å². The third-order valence-electron chi connectivity index (χ3n) is 2.61. The summed E-state index contributed by atoms with van der Waals surface area (Å²) in [5, 5.41) is 3.31. The van der Waals surface area contributed by atoms with E-state index < -0.39 is 0 Å². The van der Waals surface area contributed by atoms with Gasteiger partial charge >= 0.3 is 0 Å². The number of nitrogens with one attached hydrogen (secondary N) is 2. The smallest absolute Gasteiger partial charge is 0.251 e. The topological polar surface area (TPSA) is 83.6 Å². The molecular weight excluding hydrogens is 254 g/mol. The van der Waals surface area contributed by atoms with Crippen LogP contribution in [0.5, 0.6) is 0 Å². The van der Waals surface area contributed by atoms with E-state index in [9.17, 15) is 4.79 Å². The largest absolute Gasteiger partial charge is 0.306 e. The van der Waals surface area contributed by atoms with Crippen molar-refractivity contribution in [2.75, 3.05) is 0 Å². The van der Waals surface area contributed by atoms with Crippen molar-refractivity contribution in [3.63, 3.8) is 0 Å². The van der Waals surface area contributed by atoms with E-state index in [1.165, 1.54) is 6.07 Å². The minimum Gasteiger partial charge on any atom is -0.306 e. The van der Waals surface area contributed by atoms with Crippen LogP contribution in [0.2, 0.25) is 0 Å². The normalized spacial score (nSPS) is 11.6. The summed E-state index contributed by atoms with van der Waals surface area (Å²) in [4.78, 5) is 27.2. The zero-order chi connectivity index (χ0) is 14.8. The Hall–Kier alpha value is -2.08. The number of hydrogen-bond acceptors (Lipinski definition) is 5. The van der Waals surface area contributed by atoms with Crippen molar-refractivity contribution in [3.05, 3.63) is 40.2 Å². The zero-order valence-corrected chi connectivity index (χ0v) is 12.2. The molecule has 2 rings (SSSR count). The van der Waals surface area contributed by atoms with Gasteiger partial charge in [0.05, 0.1) is 5.69 Å². The van der Waals surface area contributed by atoms with Crippen LogP contribution in [-0.4, -0.2) is 25.5 Å². The first-order valence-electron chi connectivity index (χ1n) is 6.49.